The maximum Gasteiger partial charge on any atom is 0.323 e. The first-order valence-corrected chi connectivity index (χ1v) is 7.18. The third kappa shape index (κ3) is 2.48. The number of nitrogens with zero attached hydrogens (tertiary/aromatic N) is 1. The van der Waals surface area contributed by atoms with Crippen molar-refractivity contribution in [3.05, 3.63) is 0 Å². The zero-order chi connectivity index (χ0) is 14.0. The number of urea groups is 1. The van der Waals surface area contributed by atoms with Gasteiger partial charge >= 0.3 is 6.03 Å². The summed E-state index contributed by atoms with van der Waals surface area (Å²) in [5.41, 5.74) is -0.388. The van der Waals surface area contributed by atoms with E-state index in [2.05, 4.69) is 19.2 Å². The molecule has 2 N–H and O–H groups in total. The van der Waals surface area contributed by atoms with E-state index in [0.29, 0.717) is 24.9 Å². The van der Waals surface area contributed by atoms with Crippen molar-refractivity contribution in [2.75, 3.05) is 20.3 Å². The minimum atomic E-state index is -0.388. The van der Waals surface area contributed by atoms with Crippen LogP contribution in [0, 0.1) is 17.2 Å². The summed E-state index contributed by atoms with van der Waals surface area (Å²) in [4.78, 5) is 13.8. The third-order valence-corrected chi connectivity index (χ3v) is 4.78. The molecule has 1 saturated heterocycles. The molecule has 1 spiro atoms. The van der Waals surface area contributed by atoms with E-state index in [-0.39, 0.29) is 11.6 Å². The smallest absolute Gasteiger partial charge is 0.323 e. The molecule has 0 radical (unpaired) electrons. The molecule has 0 bridgehead atoms. The number of hydrogen-bond acceptors (Lipinski definition) is 3. The first-order valence-electron chi connectivity index (χ1n) is 7.18. The van der Waals surface area contributed by atoms with Gasteiger partial charge in [0.05, 0.1) is 6.61 Å². The van der Waals surface area contributed by atoms with Crippen molar-refractivity contribution < 1.29 is 9.53 Å². The van der Waals surface area contributed by atoms with Gasteiger partial charge in [-0.15, -0.1) is 0 Å². The van der Waals surface area contributed by atoms with Crippen molar-refractivity contribution >= 4 is 11.9 Å². The van der Waals surface area contributed by atoms with E-state index < -0.39 is 0 Å². The normalized spacial score (nSPS) is 31.4. The highest BCUT2D eigenvalue weighted by Crippen LogP contribution is 2.41. The van der Waals surface area contributed by atoms with Gasteiger partial charge in [0.15, 0.2) is 0 Å². The number of hydrogen-bond donors (Lipinski definition) is 2. The van der Waals surface area contributed by atoms with Crippen molar-refractivity contribution in [1.82, 2.24) is 10.2 Å². The van der Waals surface area contributed by atoms with E-state index in [0.717, 1.165) is 31.6 Å². The van der Waals surface area contributed by atoms with Crippen LogP contribution in [0.2, 0.25) is 0 Å². The van der Waals surface area contributed by atoms with Crippen LogP contribution in [-0.2, 0) is 4.74 Å². The van der Waals surface area contributed by atoms with Gasteiger partial charge in [-0.05, 0) is 37.5 Å². The Morgan fingerprint density at radius 3 is 2.63 bits per heavy atom. The number of carbonyl (C=O) groups excluding carboxylic acids is 1. The van der Waals surface area contributed by atoms with E-state index >= 15 is 0 Å². The topological polar surface area (TPSA) is 65.4 Å². The van der Waals surface area contributed by atoms with Crippen LogP contribution in [-0.4, -0.2) is 42.6 Å². The molecule has 0 atom stereocenters. The minimum Gasteiger partial charge on any atom is -0.383 e. The first-order chi connectivity index (χ1) is 9.01. The van der Waals surface area contributed by atoms with Gasteiger partial charge in [-0.25, -0.2) is 4.79 Å². The summed E-state index contributed by atoms with van der Waals surface area (Å²) in [6, 6.07) is -0.134. The number of nitrogens with one attached hydrogen (secondary N) is 2. The molecule has 2 fully saturated rings. The molecule has 2 aliphatic rings. The number of methoxy groups -OCH3 is 1. The van der Waals surface area contributed by atoms with Crippen molar-refractivity contribution in [3.63, 3.8) is 0 Å². The molecule has 0 unspecified atom stereocenters. The van der Waals surface area contributed by atoms with Gasteiger partial charge in [-0.1, -0.05) is 13.8 Å². The Bertz CT molecular complexity index is 360. The first kappa shape index (κ1) is 14.3. The van der Waals surface area contributed by atoms with Gasteiger partial charge in [-0.3, -0.25) is 10.7 Å². The highest BCUT2D eigenvalue weighted by molar-refractivity contribution is 6.08. The van der Waals surface area contributed by atoms with Crippen LogP contribution in [0.25, 0.3) is 0 Å². The molecule has 2 rings (SSSR count). The molecule has 108 valence electrons. The molecule has 5 heteroatoms. The zero-order valence-corrected chi connectivity index (χ0v) is 12.2. The van der Waals surface area contributed by atoms with Gasteiger partial charge < -0.3 is 9.64 Å². The van der Waals surface area contributed by atoms with E-state index in [4.69, 9.17) is 10.1 Å². The molecule has 0 aromatic heterocycles. The molecule has 1 aliphatic carbocycles. The number of amidine groups is 1. The molecule has 1 aliphatic heterocycles. The molecule has 1 heterocycles. The second-order valence-corrected chi connectivity index (χ2v) is 6.06. The maximum atomic E-state index is 12.0. The van der Waals surface area contributed by atoms with Gasteiger partial charge in [0.2, 0.25) is 0 Å². The lowest BCUT2D eigenvalue weighted by Crippen LogP contribution is -2.53. The van der Waals surface area contributed by atoms with Crippen LogP contribution in [0.5, 0.6) is 0 Å². The van der Waals surface area contributed by atoms with Gasteiger partial charge in [-0.2, -0.15) is 0 Å². The Kier molecular flexibility index (Phi) is 4.13. The van der Waals surface area contributed by atoms with E-state index in [1.807, 2.05) is 4.90 Å². The number of rotatable bonds is 4. The van der Waals surface area contributed by atoms with Crippen LogP contribution < -0.4 is 5.32 Å². The van der Waals surface area contributed by atoms with Crippen LogP contribution in [0.1, 0.15) is 39.5 Å². The molecule has 1 saturated carbocycles. The number of carbonyl (C=O) groups is 1. The van der Waals surface area contributed by atoms with E-state index in [1.165, 1.54) is 0 Å². The molecule has 0 aromatic rings. The van der Waals surface area contributed by atoms with E-state index in [1.54, 1.807) is 7.11 Å². The monoisotopic (exact) mass is 267 g/mol. The maximum absolute atomic E-state index is 12.0. The summed E-state index contributed by atoms with van der Waals surface area (Å²) in [6.45, 7) is 5.61. The van der Waals surface area contributed by atoms with Crippen LogP contribution in [0.3, 0.4) is 0 Å². The highest BCUT2D eigenvalue weighted by Gasteiger charge is 2.51. The Hall–Kier alpha value is -1.10. The predicted octanol–water partition coefficient (Wildman–Crippen LogP) is 2.22. The number of ether oxygens (including phenoxy) is 1. The molecule has 2 amide bonds. The Morgan fingerprint density at radius 2 is 2.11 bits per heavy atom. The van der Waals surface area contributed by atoms with Crippen molar-refractivity contribution in [1.29, 1.82) is 5.41 Å². The second kappa shape index (κ2) is 5.49. The lowest BCUT2D eigenvalue weighted by Gasteiger charge is -2.42. The molecular formula is C14H25N3O2. The average molecular weight is 267 g/mol. The standard InChI is InChI=1S/C14H25N3O2/c1-10(2)11-4-6-14(7-5-11)12(15)16-13(18)17(14)8-9-19-3/h10-11H,4-9H2,1-3H3,(H2,15,16,18). The molecule has 19 heavy (non-hydrogen) atoms. The fourth-order valence-electron chi connectivity index (χ4n) is 3.42. The molecular weight excluding hydrogens is 242 g/mol. The van der Waals surface area contributed by atoms with Crippen LogP contribution in [0.4, 0.5) is 4.79 Å². The summed E-state index contributed by atoms with van der Waals surface area (Å²) in [5.74, 6) is 1.79. The van der Waals surface area contributed by atoms with Gasteiger partial charge in [0.1, 0.15) is 11.4 Å². The van der Waals surface area contributed by atoms with Gasteiger partial charge in [0, 0.05) is 13.7 Å². The lowest BCUT2D eigenvalue weighted by atomic mass is 9.72. The van der Waals surface area contributed by atoms with Gasteiger partial charge in [0.25, 0.3) is 0 Å². The van der Waals surface area contributed by atoms with Crippen molar-refractivity contribution in [3.8, 4) is 0 Å². The fraction of sp³-hybridized carbons (Fsp3) is 0.857. The van der Waals surface area contributed by atoms with Crippen LogP contribution in [0.15, 0.2) is 0 Å². The SMILES string of the molecule is COCCN1C(=O)NC(=N)C12CCC(C(C)C)CC2. The largest absolute Gasteiger partial charge is 0.383 e. The summed E-state index contributed by atoms with van der Waals surface area (Å²) < 4.78 is 5.09. The Labute approximate surface area is 115 Å². The Balaban J connectivity index is 2.11. The van der Waals surface area contributed by atoms with Crippen molar-refractivity contribution in [2.45, 2.75) is 45.1 Å². The van der Waals surface area contributed by atoms with E-state index in [9.17, 15) is 4.79 Å². The molecule has 5 nitrogen and oxygen atoms in total. The predicted molar refractivity (Wildman–Crippen MR) is 74.4 cm³/mol. The quantitative estimate of drug-likeness (QED) is 0.820. The fourth-order valence-corrected chi connectivity index (χ4v) is 3.42. The number of amides is 2. The minimum absolute atomic E-state index is 0.134. The zero-order valence-electron chi connectivity index (χ0n) is 12.2. The summed E-state index contributed by atoms with van der Waals surface area (Å²) in [6.07, 6.45) is 3.99. The average Bonchev–Trinajstić information content (AvgIpc) is 2.60. The lowest BCUT2D eigenvalue weighted by molar-refractivity contribution is 0.0897. The second-order valence-electron chi connectivity index (χ2n) is 6.06. The summed E-state index contributed by atoms with van der Waals surface area (Å²) >= 11 is 0. The third-order valence-electron chi connectivity index (χ3n) is 4.78. The summed E-state index contributed by atoms with van der Waals surface area (Å²) in [7, 11) is 1.64. The summed E-state index contributed by atoms with van der Waals surface area (Å²) in [5, 5.41) is 10.8. The highest BCUT2D eigenvalue weighted by atomic mass is 16.5. The Morgan fingerprint density at radius 1 is 1.47 bits per heavy atom. The van der Waals surface area contributed by atoms with Crippen molar-refractivity contribution in [2.24, 2.45) is 11.8 Å². The molecule has 0 aromatic carbocycles. The van der Waals surface area contributed by atoms with Crippen LogP contribution >= 0.6 is 0 Å².